The molecule has 2 aliphatic heterocycles. The maximum absolute atomic E-state index is 10.5. The van der Waals surface area contributed by atoms with E-state index in [0.29, 0.717) is 12.1 Å². The second-order valence-electron chi connectivity index (χ2n) is 12.7. The smallest absolute Gasteiger partial charge is 0.120 e. The zero-order chi connectivity index (χ0) is 28.5. The predicted octanol–water partition coefficient (Wildman–Crippen LogP) is 6.43. The van der Waals surface area contributed by atoms with Crippen LogP contribution in [-0.2, 0) is 12.8 Å². The van der Waals surface area contributed by atoms with E-state index in [2.05, 4.69) is 97.6 Å². The van der Waals surface area contributed by atoms with Crippen molar-refractivity contribution in [1.82, 2.24) is 0 Å². The highest BCUT2D eigenvalue weighted by molar-refractivity contribution is 5.68. The summed E-state index contributed by atoms with van der Waals surface area (Å²) in [5.74, 6) is 13.4. The van der Waals surface area contributed by atoms with E-state index in [4.69, 9.17) is 0 Å². The van der Waals surface area contributed by atoms with Gasteiger partial charge in [-0.25, -0.2) is 0 Å². The minimum Gasteiger partial charge on any atom is -0.378 e. The molecule has 4 rings (SSSR count). The third kappa shape index (κ3) is 6.27. The normalized spacial score (nSPS) is 17.0. The van der Waals surface area contributed by atoms with Gasteiger partial charge in [0.25, 0.3) is 0 Å². The summed E-state index contributed by atoms with van der Waals surface area (Å²) in [7, 11) is 0. The lowest BCUT2D eigenvalue weighted by molar-refractivity contribution is 0.143. The van der Waals surface area contributed by atoms with Gasteiger partial charge in [0.1, 0.15) is 11.0 Å². The van der Waals surface area contributed by atoms with E-state index in [1.54, 1.807) is 13.8 Å². The zero-order valence-electron chi connectivity index (χ0n) is 24.9. The van der Waals surface area contributed by atoms with Crippen molar-refractivity contribution in [3.05, 3.63) is 58.1 Å². The molecule has 0 radical (unpaired) electrons. The third-order valence-corrected chi connectivity index (χ3v) is 7.75. The standard InChI is InChI=1S/C35H43N3O/c1-24(2)37-20-10-12-30-29(17-19-35(7,8)39)28(14-15-33(30)37)27-21-31-26(16-18-34(5,6)23-36)11-9-13-32(31)38(22-27)25(3)4/h9,11,13-15,24-25,27,39H,10,12,20-22H2,1-8H3. The molecule has 0 aromatic heterocycles. The topological polar surface area (TPSA) is 50.5 Å². The number of rotatable bonds is 3. The number of nitrogens with zero attached hydrogens (tertiary/aromatic N) is 3. The Bertz CT molecular complexity index is 1400. The fourth-order valence-electron chi connectivity index (χ4n) is 5.73. The molecule has 0 saturated carbocycles. The van der Waals surface area contributed by atoms with Gasteiger partial charge in [-0.15, -0.1) is 0 Å². The lowest BCUT2D eigenvalue weighted by atomic mass is 9.80. The molecule has 1 N–H and O–H groups in total. The number of nitriles is 1. The van der Waals surface area contributed by atoms with Crippen LogP contribution in [-0.4, -0.2) is 35.9 Å². The van der Waals surface area contributed by atoms with Crippen LogP contribution in [0.15, 0.2) is 30.3 Å². The number of hydrogen-bond donors (Lipinski definition) is 1. The Morgan fingerprint density at radius 1 is 0.897 bits per heavy atom. The minimum atomic E-state index is -1.06. The Labute approximate surface area is 236 Å². The van der Waals surface area contributed by atoms with Gasteiger partial charge in [0.05, 0.1) is 6.07 Å². The van der Waals surface area contributed by atoms with Crippen molar-refractivity contribution in [3.63, 3.8) is 0 Å². The predicted molar refractivity (Wildman–Crippen MR) is 162 cm³/mol. The molecule has 2 aliphatic rings. The highest BCUT2D eigenvalue weighted by Crippen LogP contribution is 2.41. The third-order valence-electron chi connectivity index (χ3n) is 7.75. The number of anilines is 2. The molecule has 4 nitrogen and oxygen atoms in total. The maximum Gasteiger partial charge on any atom is 0.120 e. The van der Waals surface area contributed by atoms with Gasteiger partial charge >= 0.3 is 0 Å². The Kier molecular flexibility index (Phi) is 8.07. The molecule has 39 heavy (non-hydrogen) atoms. The molecule has 0 fully saturated rings. The Morgan fingerprint density at radius 2 is 1.59 bits per heavy atom. The molecule has 2 aromatic rings. The molecule has 1 atom stereocenters. The van der Waals surface area contributed by atoms with Gasteiger partial charge in [-0.3, -0.25) is 0 Å². The largest absolute Gasteiger partial charge is 0.378 e. The summed E-state index contributed by atoms with van der Waals surface area (Å²) in [6.45, 7) is 18.2. The lowest BCUT2D eigenvalue weighted by Gasteiger charge is -2.41. The van der Waals surface area contributed by atoms with Crippen LogP contribution in [0, 0.1) is 40.4 Å². The molecule has 4 heteroatoms. The quantitative estimate of drug-likeness (QED) is 0.473. The van der Waals surface area contributed by atoms with Crippen LogP contribution < -0.4 is 9.80 Å². The fourth-order valence-corrected chi connectivity index (χ4v) is 5.73. The first-order chi connectivity index (χ1) is 18.3. The molecule has 2 heterocycles. The number of aliphatic hydroxyl groups is 1. The van der Waals surface area contributed by atoms with Crippen LogP contribution in [0.1, 0.15) is 95.5 Å². The van der Waals surface area contributed by atoms with Gasteiger partial charge in [-0.1, -0.05) is 35.8 Å². The SMILES string of the molecule is CC(C)N1CC(c2ccc3c(c2C#CC(C)(C)O)CCCN3C(C)C)Cc2c(C#CC(C)(C)C#N)cccc21. The second-order valence-corrected chi connectivity index (χ2v) is 12.7. The van der Waals surface area contributed by atoms with Gasteiger partial charge in [-0.05, 0) is 110 Å². The van der Waals surface area contributed by atoms with Crippen LogP contribution in [0.4, 0.5) is 11.4 Å². The molecule has 2 aromatic carbocycles. The summed E-state index contributed by atoms with van der Waals surface area (Å²) in [6, 6.07) is 14.0. The van der Waals surface area contributed by atoms with E-state index in [1.807, 2.05) is 13.8 Å². The van der Waals surface area contributed by atoms with E-state index in [0.717, 1.165) is 43.5 Å². The second kappa shape index (κ2) is 11.0. The van der Waals surface area contributed by atoms with Crippen LogP contribution in [0.5, 0.6) is 0 Å². The number of hydrogen-bond acceptors (Lipinski definition) is 4. The first-order valence-electron chi connectivity index (χ1n) is 14.3. The van der Waals surface area contributed by atoms with Gasteiger partial charge in [-0.2, -0.15) is 5.26 Å². The highest BCUT2D eigenvalue weighted by atomic mass is 16.3. The summed E-state index contributed by atoms with van der Waals surface area (Å²) in [5, 5.41) is 20.0. The van der Waals surface area contributed by atoms with E-state index < -0.39 is 11.0 Å². The monoisotopic (exact) mass is 521 g/mol. The van der Waals surface area contributed by atoms with Crippen molar-refractivity contribution >= 4 is 11.4 Å². The van der Waals surface area contributed by atoms with Crippen LogP contribution in [0.2, 0.25) is 0 Å². The average molecular weight is 522 g/mol. The van der Waals surface area contributed by atoms with Crippen molar-refractivity contribution in [2.24, 2.45) is 5.41 Å². The maximum atomic E-state index is 10.5. The fraction of sp³-hybridized carbons (Fsp3) is 0.514. The molecule has 0 aliphatic carbocycles. The van der Waals surface area contributed by atoms with E-state index in [9.17, 15) is 10.4 Å². The molecule has 0 spiro atoms. The van der Waals surface area contributed by atoms with Crippen molar-refractivity contribution in [2.75, 3.05) is 22.9 Å². The molecule has 0 saturated heterocycles. The lowest BCUT2D eigenvalue weighted by Crippen LogP contribution is -2.40. The first kappa shape index (κ1) is 28.6. The van der Waals surface area contributed by atoms with Crippen molar-refractivity contribution < 1.29 is 5.11 Å². The van der Waals surface area contributed by atoms with E-state index >= 15 is 0 Å². The van der Waals surface area contributed by atoms with Crippen LogP contribution in [0.25, 0.3) is 0 Å². The Morgan fingerprint density at radius 3 is 2.23 bits per heavy atom. The molecule has 1 unspecified atom stereocenters. The van der Waals surface area contributed by atoms with Gasteiger partial charge in [0.15, 0.2) is 0 Å². The Balaban J connectivity index is 1.89. The molecular weight excluding hydrogens is 478 g/mol. The molecule has 204 valence electrons. The van der Waals surface area contributed by atoms with Gasteiger partial charge in [0, 0.05) is 53.6 Å². The van der Waals surface area contributed by atoms with Crippen molar-refractivity contribution in [2.45, 2.75) is 98.3 Å². The minimum absolute atomic E-state index is 0.234. The van der Waals surface area contributed by atoms with Crippen LogP contribution >= 0.6 is 0 Å². The van der Waals surface area contributed by atoms with Crippen molar-refractivity contribution in [1.29, 1.82) is 5.26 Å². The van der Waals surface area contributed by atoms with Crippen LogP contribution in [0.3, 0.4) is 0 Å². The van der Waals surface area contributed by atoms with E-state index in [1.165, 1.54) is 28.1 Å². The summed E-state index contributed by atoms with van der Waals surface area (Å²) >= 11 is 0. The number of benzene rings is 2. The molecular formula is C35H43N3O. The van der Waals surface area contributed by atoms with Gasteiger partial charge in [0.2, 0.25) is 0 Å². The molecule has 0 bridgehead atoms. The summed E-state index contributed by atoms with van der Waals surface area (Å²) in [4.78, 5) is 4.97. The average Bonchev–Trinajstić information content (AvgIpc) is 2.88. The van der Waals surface area contributed by atoms with E-state index in [-0.39, 0.29) is 5.92 Å². The van der Waals surface area contributed by atoms with Crippen molar-refractivity contribution in [3.8, 4) is 29.8 Å². The van der Waals surface area contributed by atoms with Gasteiger partial charge < -0.3 is 14.9 Å². The first-order valence-corrected chi connectivity index (χ1v) is 14.3. The Hall–Kier alpha value is -3.39. The summed E-state index contributed by atoms with van der Waals surface area (Å²) < 4.78 is 0. The highest BCUT2D eigenvalue weighted by Gasteiger charge is 2.32. The molecule has 0 amide bonds. The zero-order valence-corrected chi connectivity index (χ0v) is 24.9. The summed E-state index contributed by atoms with van der Waals surface area (Å²) in [6.07, 6.45) is 2.96. The summed E-state index contributed by atoms with van der Waals surface area (Å²) in [5.41, 5.74) is 6.65. The number of fused-ring (bicyclic) bond motifs is 2.